The first-order chi connectivity index (χ1) is 7.29. The second-order valence-electron chi connectivity index (χ2n) is 3.24. The van der Waals surface area contributed by atoms with Gasteiger partial charge >= 0.3 is 0 Å². The van der Waals surface area contributed by atoms with Crippen LogP contribution >= 0.6 is 12.2 Å². The van der Waals surface area contributed by atoms with Gasteiger partial charge in [-0.05, 0) is 0 Å². The van der Waals surface area contributed by atoms with Gasteiger partial charge in [-0.25, -0.2) is 17.6 Å². The van der Waals surface area contributed by atoms with Gasteiger partial charge < -0.3 is 10.6 Å². The lowest BCUT2D eigenvalue weighted by Gasteiger charge is -2.17. The summed E-state index contributed by atoms with van der Waals surface area (Å²) < 4.78 is 53.4. The Labute approximate surface area is 94.6 Å². The minimum atomic E-state index is -1.59. The number of nitrogens with two attached hydrogens (primary N) is 1. The number of halogens is 4. The molecule has 7 heteroatoms. The zero-order chi connectivity index (χ0) is 12.6. The summed E-state index contributed by atoms with van der Waals surface area (Å²) in [5.74, 6) is -6.22. The van der Waals surface area contributed by atoms with Crippen LogP contribution in [0.1, 0.15) is 5.56 Å². The maximum atomic E-state index is 13.4. The molecule has 1 rings (SSSR count). The number of benzene rings is 1. The van der Waals surface area contributed by atoms with E-state index in [0.29, 0.717) is 0 Å². The smallest absolute Gasteiger partial charge is 0.186 e. The minimum Gasteiger partial charge on any atom is -0.389 e. The largest absolute Gasteiger partial charge is 0.389 e. The lowest BCUT2D eigenvalue weighted by atomic mass is 10.1. The standard InChI is InChI=1S/C9H8F4N2S/c1-15(2)8-6(12)4(10)3(9(14)16)5(11)7(8)13/h1-2H3,(H2,14,16). The van der Waals surface area contributed by atoms with Crippen LogP contribution in [0, 0.1) is 23.3 Å². The molecule has 0 saturated heterocycles. The number of hydrogen-bond donors (Lipinski definition) is 1. The molecule has 0 saturated carbocycles. The summed E-state index contributed by atoms with van der Waals surface area (Å²) in [4.78, 5) is 0.179. The Morgan fingerprint density at radius 3 is 1.62 bits per heavy atom. The van der Waals surface area contributed by atoms with Crippen LogP contribution in [-0.4, -0.2) is 19.1 Å². The molecule has 16 heavy (non-hydrogen) atoms. The van der Waals surface area contributed by atoms with Gasteiger partial charge in [-0.1, -0.05) is 12.2 Å². The van der Waals surface area contributed by atoms with E-state index in [1.165, 1.54) is 14.1 Å². The summed E-state index contributed by atoms with van der Waals surface area (Å²) in [7, 11) is 2.50. The van der Waals surface area contributed by atoms with Crippen LogP contribution in [0.15, 0.2) is 0 Å². The van der Waals surface area contributed by atoms with Crippen molar-refractivity contribution in [2.75, 3.05) is 19.0 Å². The zero-order valence-corrected chi connectivity index (χ0v) is 9.26. The highest BCUT2D eigenvalue weighted by Crippen LogP contribution is 2.29. The van der Waals surface area contributed by atoms with Gasteiger partial charge in [0.15, 0.2) is 23.3 Å². The van der Waals surface area contributed by atoms with E-state index in [-0.39, 0.29) is 0 Å². The van der Waals surface area contributed by atoms with Crippen LogP contribution in [0.3, 0.4) is 0 Å². The molecule has 88 valence electrons. The van der Waals surface area contributed by atoms with Gasteiger partial charge in [0.25, 0.3) is 0 Å². The van der Waals surface area contributed by atoms with Gasteiger partial charge in [0, 0.05) is 14.1 Å². The van der Waals surface area contributed by atoms with Crippen molar-refractivity contribution in [3.63, 3.8) is 0 Å². The van der Waals surface area contributed by atoms with Gasteiger partial charge in [0.2, 0.25) is 0 Å². The molecule has 0 amide bonds. The average molecular weight is 252 g/mol. The second kappa shape index (κ2) is 4.25. The fourth-order valence-electron chi connectivity index (χ4n) is 1.23. The molecule has 0 aromatic heterocycles. The number of rotatable bonds is 2. The Morgan fingerprint density at radius 2 is 1.38 bits per heavy atom. The molecule has 0 radical (unpaired) electrons. The summed E-state index contributed by atoms with van der Waals surface area (Å²) in [5.41, 5.74) is 3.13. The third-order valence-electron chi connectivity index (χ3n) is 1.93. The Morgan fingerprint density at radius 1 is 1.00 bits per heavy atom. The monoisotopic (exact) mass is 252 g/mol. The molecule has 0 aliphatic heterocycles. The molecule has 0 aliphatic carbocycles. The quantitative estimate of drug-likeness (QED) is 0.495. The topological polar surface area (TPSA) is 29.3 Å². The molecule has 1 aromatic rings. The molecule has 0 heterocycles. The van der Waals surface area contributed by atoms with Crippen molar-refractivity contribution < 1.29 is 17.6 Å². The summed E-state index contributed by atoms with van der Waals surface area (Å²) >= 11 is 4.32. The molecule has 1 aromatic carbocycles. The molecular weight excluding hydrogens is 244 g/mol. The molecule has 0 spiro atoms. The van der Waals surface area contributed by atoms with E-state index >= 15 is 0 Å². The van der Waals surface area contributed by atoms with E-state index in [0.717, 1.165) is 4.90 Å². The summed E-state index contributed by atoms with van der Waals surface area (Å²) in [6.07, 6.45) is 0. The second-order valence-corrected chi connectivity index (χ2v) is 3.68. The Kier molecular flexibility index (Phi) is 3.37. The molecule has 0 bridgehead atoms. The van der Waals surface area contributed by atoms with E-state index in [1.54, 1.807) is 0 Å². The third-order valence-corrected chi connectivity index (χ3v) is 2.14. The molecule has 2 nitrogen and oxygen atoms in total. The van der Waals surface area contributed by atoms with Crippen molar-refractivity contribution >= 4 is 22.9 Å². The highest BCUT2D eigenvalue weighted by molar-refractivity contribution is 7.80. The normalized spacial score (nSPS) is 10.4. The zero-order valence-electron chi connectivity index (χ0n) is 8.44. The van der Waals surface area contributed by atoms with Gasteiger partial charge in [0.05, 0.1) is 5.56 Å². The van der Waals surface area contributed by atoms with E-state index in [1.807, 2.05) is 0 Å². The van der Waals surface area contributed by atoms with Gasteiger partial charge in [-0.3, -0.25) is 0 Å². The predicted octanol–water partition coefficient (Wildman–Crippen LogP) is 1.94. The first-order valence-electron chi connectivity index (χ1n) is 4.12. The minimum absolute atomic E-state index is 0.738. The predicted molar refractivity (Wildman–Crippen MR) is 56.5 cm³/mol. The summed E-state index contributed by atoms with van der Waals surface area (Å²) in [6, 6.07) is 0. The van der Waals surface area contributed by atoms with E-state index in [4.69, 9.17) is 5.73 Å². The van der Waals surface area contributed by atoms with E-state index in [9.17, 15) is 17.6 Å². The molecule has 0 unspecified atom stereocenters. The van der Waals surface area contributed by atoms with Crippen LogP contribution in [-0.2, 0) is 0 Å². The van der Waals surface area contributed by atoms with Crippen molar-refractivity contribution in [1.82, 2.24) is 0 Å². The Balaban J connectivity index is 3.70. The lowest BCUT2D eigenvalue weighted by molar-refractivity contribution is 0.453. The summed E-state index contributed by atoms with van der Waals surface area (Å²) in [6.45, 7) is 0. The van der Waals surface area contributed by atoms with E-state index < -0.39 is 39.5 Å². The van der Waals surface area contributed by atoms with Gasteiger partial charge in [-0.2, -0.15) is 0 Å². The fraction of sp³-hybridized carbons (Fsp3) is 0.222. The summed E-state index contributed by atoms with van der Waals surface area (Å²) in [5, 5.41) is 0. The first kappa shape index (κ1) is 12.7. The van der Waals surface area contributed by atoms with Crippen molar-refractivity contribution in [2.24, 2.45) is 5.73 Å². The molecule has 0 fully saturated rings. The lowest BCUT2D eigenvalue weighted by Crippen LogP contribution is -2.21. The average Bonchev–Trinajstić information content (AvgIpc) is 2.14. The van der Waals surface area contributed by atoms with Crippen LogP contribution in [0.2, 0.25) is 0 Å². The Bertz CT molecular complexity index is 430. The number of hydrogen-bond acceptors (Lipinski definition) is 2. The van der Waals surface area contributed by atoms with Crippen molar-refractivity contribution in [3.8, 4) is 0 Å². The highest BCUT2D eigenvalue weighted by Gasteiger charge is 2.27. The van der Waals surface area contributed by atoms with Crippen LogP contribution in [0.25, 0.3) is 0 Å². The maximum absolute atomic E-state index is 13.4. The highest BCUT2D eigenvalue weighted by atomic mass is 32.1. The first-order valence-corrected chi connectivity index (χ1v) is 4.53. The maximum Gasteiger partial charge on any atom is 0.186 e. The van der Waals surface area contributed by atoms with Gasteiger partial charge in [0.1, 0.15) is 10.7 Å². The molecule has 2 N–H and O–H groups in total. The molecular formula is C9H8F4N2S. The van der Waals surface area contributed by atoms with Crippen LogP contribution < -0.4 is 10.6 Å². The molecule has 0 aliphatic rings. The van der Waals surface area contributed by atoms with Crippen molar-refractivity contribution in [2.45, 2.75) is 0 Å². The Hall–Kier alpha value is -1.37. The van der Waals surface area contributed by atoms with Crippen molar-refractivity contribution in [1.29, 1.82) is 0 Å². The van der Waals surface area contributed by atoms with Crippen LogP contribution in [0.5, 0.6) is 0 Å². The number of nitrogens with zero attached hydrogens (tertiary/aromatic N) is 1. The number of anilines is 1. The SMILES string of the molecule is CN(C)c1c(F)c(F)c(C(N)=S)c(F)c1F. The van der Waals surface area contributed by atoms with E-state index in [2.05, 4.69) is 12.2 Å². The van der Waals surface area contributed by atoms with Crippen LogP contribution in [0.4, 0.5) is 23.2 Å². The fourth-order valence-corrected chi connectivity index (χ4v) is 1.41. The molecule has 0 atom stereocenters. The van der Waals surface area contributed by atoms with Gasteiger partial charge in [-0.15, -0.1) is 0 Å². The number of thiocarbonyl (C=S) groups is 1. The van der Waals surface area contributed by atoms with Crippen molar-refractivity contribution in [3.05, 3.63) is 28.8 Å². The third kappa shape index (κ3) is 1.82.